The van der Waals surface area contributed by atoms with E-state index in [2.05, 4.69) is 15.3 Å². The van der Waals surface area contributed by atoms with Crippen molar-refractivity contribution in [2.45, 2.75) is 0 Å². The summed E-state index contributed by atoms with van der Waals surface area (Å²) in [6.45, 7) is 0.467. The lowest BCUT2D eigenvalue weighted by Crippen LogP contribution is -2.15. The van der Waals surface area contributed by atoms with Gasteiger partial charge in [-0.1, -0.05) is 18.2 Å². The van der Waals surface area contributed by atoms with Crippen LogP contribution in [0.15, 0.2) is 30.5 Å². The van der Waals surface area contributed by atoms with Gasteiger partial charge in [0.15, 0.2) is 0 Å². The summed E-state index contributed by atoms with van der Waals surface area (Å²) < 4.78 is 4.89. The van der Waals surface area contributed by atoms with E-state index in [4.69, 9.17) is 9.84 Å². The number of hydrogen-bond acceptors (Lipinski definition) is 5. The number of fused-ring (bicyclic) bond motifs is 1. The highest BCUT2D eigenvalue weighted by Crippen LogP contribution is 2.11. The second-order valence-electron chi connectivity index (χ2n) is 3.63. The second-order valence-corrected chi connectivity index (χ2v) is 3.63. The van der Waals surface area contributed by atoms with E-state index in [0.717, 1.165) is 10.9 Å². The number of aliphatic carboxylic acids is 1. The Morgan fingerprint density at radius 2 is 2.22 bits per heavy atom. The molecule has 94 valence electrons. The van der Waals surface area contributed by atoms with E-state index < -0.39 is 5.97 Å². The number of nitrogens with one attached hydrogen (secondary N) is 1. The minimum atomic E-state index is -0.975. The lowest BCUT2D eigenvalue weighted by molar-refractivity contribution is -0.142. The average molecular weight is 247 g/mol. The molecule has 1 aromatic heterocycles. The molecule has 6 heteroatoms. The van der Waals surface area contributed by atoms with Crippen LogP contribution in [0.4, 0.5) is 5.95 Å². The SMILES string of the molecule is O=C(O)COCCNc1ncc2ccccc2n1. The lowest BCUT2D eigenvalue weighted by atomic mass is 10.2. The van der Waals surface area contributed by atoms with Crippen LogP contribution in [0.5, 0.6) is 0 Å². The van der Waals surface area contributed by atoms with E-state index in [0.29, 0.717) is 19.1 Å². The molecular formula is C12H13N3O3. The molecule has 1 heterocycles. The van der Waals surface area contributed by atoms with Crippen LogP contribution in [0, 0.1) is 0 Å². The van der Waals surface area contributed by atoms with Gasteiger partial charge in [0.05, 0.1) is 12.1 Å². The third kappa shape index (κ3) is 3.39. The van der Waals surface area contributed by atoms with Crippen molar-refractivity contribution < 1.29 is 14.6 Å². The second kappa shape index (κ2) is 5.92. The van der Waals surface area contributed by atoms with Crippen molar-refractivity contribution in [1.82, 2.24) is 9.97 Å². The number of rotatable bonds is 6. The molecule has 0 atom stereocenters. The topological polar surface area (TPSA) is 84.3 Å². The average Bonchev–Trinajstić information content (AvgIpc) is 2.38. The highest BCUT2D eigenvalue weighted by Gasteiger charge is 1.99. The summed E-state index contributed by atoms with van der Waals surface area (Å²) in [5.41, 5.74) is 0.862. The summed E-state index contributed by atoms with van der Waals surface area (Å²) in [5.74, 6) is -0.468. The number of ether oxygens (including phenoxy) is 1. The minimum absolute atomic E-state index is 0.291. The van der Waals surface area contributed by atoms with Gasteiger partial charge in [-0.2, -0.15) is 0 Å². The Balaban J connectivity index is 1.86. The third-order valence-electron chi connectivity index (χ3n) is 2.24. The molecule has 0 aliphatic carbocycles. The first kappa shape index (κ1) is 12.3. The first-order valence-corrected chi connectivity index (χ1v) is 5.51. The maximum atomic E-state index is 10.2. The Hall–Kier alpha value is -2.21. The van der Waals surface area contributed by atoms with Gasteiger partial charge < -0.3 is 15.2 Å². The van der Waals surface area contributed by atoms with Crippen LogP contribution in [0.3, 0.4) is 0 Å². The molecule has 0 bridgehead atoms. The van der Waals surface area contributed by atoms with Gasteiger partial charge in [-0.15, -0.1) is 0 Å². The molecule has 2 aromatic rings. The highest BCUT2D eigenvalue weighted by atomic mass is 16.5. The van der Waals surface area contributed by atoms with Crippen molar-refractivity contribution in [3.8, 4) is 0 Å². The smallest absolute Gasteiger partial charge is 0.329 e. The fourth-order valence-electron chi connectivity index (χ4n) is 1.45. The Labute approximate surface area is 104 Å². The summed E-state index contributed by atoms with van der Waals surface area (Å²) in [5, 5.41) is 12.3. The molecule has 0 unspecified atom stereocenters. The van der Waals surface area contributed by atoms with Gasteiger partial charge in [0.2, 0.25) is 5.95 Å². The van der Waals surface area contributed by atoms with Crippen LogP contribution in [0.25, 0.3) is 10.9 Å². The van der Waals surface area contributed by atoms with Gasteiger partial charge in [-0.25, -0.2) is 14.8 Å². The first-order chi connectivity index (χ1) is 8.75. The Morgan fingerprint density at radius 1 is 1.39 bits per heavy atom. The lowest BCUT2D eigenvalue weighted by Gasteiger charge is -2.05. The van der Waals surface area contributed by atoms with Crippen LogP contribution in [0.2, 0.25) is 0 Å². The molecule has 0 saturated heterocycles. The molecule has 2 N–H and O–H groups in total. The van der Waals surface area contributed by atoms with Crippen LogP contribution in [-0.2, 0) is 9.53 Å². The summed E-state index contributed by atoms with van der Waals surface area (Å²) >= 11 is 0. The highest BCUT2D eigenvalue weighted by molar-refractivity contribution is 5.78. The van der Waals surface area contributed by atoms with Gasteiger partial charge in [-0.05, 0) is 6.07 Å². The van der Waals surface area contributed by atoms with Crippen LogP contribution >= 0.6 is 0 Å². The van der Waals surface area contributed by atoms with Crippen molar-refractivity contribution in [3.63, 3.8) is 0 Å². The number of carboxylic acids is 1. The van der Waals surface area contributed by atoms with Crippen LogP contribution in [0.1, 0.15) is 0 Å². The molecule has 0 radical (unpaired) electrons. The van der Waals surface area contributed by atoms with Crippen LogP contribution in [-0.4, -0.2) is 40.8 Å². The monoisotopic (exact) mass is 247 g/mol. The number of benzene rings is 1. The summed E-state index contributed by atoms with van der Waals surface area (Å²) in [7, 11) is 0. The number of carbonyl (C=O) groups is 1. The quantitative estimate of drug-likeness (QED) is 0.745. The van der Waals surface area contributed by atoms with Gasteiger partial charge >= 0.3 is 5.97 Å². The number of anilines is 1. The fourth-order valence-corrected chi connectivity index (χ4v) is 1.45. The van der Waals surface area contributed by atoms with Gasteiger partial charge in [0.25, 0.3) is 0 Å². The number of hydrogen-bond donors (Lipinski definition) is 2. The molecule has 18 heavy (non-hydrogen) atoms. The molecule has 0 aliphatic rings. The minimum Gasteiger partial charge on any atom is -0.480 e. The van der Waals surface area contributed by atoms with E-state index in [9.17, 15) is 4.79 Å². The van der Waals surface area contributed by atoms with E-state index in [1.54, 1.807) is 6.20 Å². The molecule has 0 aliphatic heterocycles. The number of para-hydroxylation sites is 1. The zero-order valence-corrected chi connectivity index (χ0v) is 9.67. The van der Waals surface area contributed by atoms with Crippen molar-refractivity contribution in [2.24, 2.45) is 0 Å². The number of aromatic nitrogens is 2. The standard InChI is InChI=1S/C12H13N3O3/c16-11(17)8-18-6-5-13-12-14-7-9-3-1-2-4-10(9)15-12/h1-4,7H,5-6,8H2,(H,16,17)(H,13,14,15). The number of nitrogens with zero attached hydrogens (tertiary/aromatic N) is 2. The van der Waals surface area contributed by atoms with Crippen molar-refractivity contribution >= 4 is 22.8 Å². The van der Waals surface area contributed by atoms with Gasteiger partial charge in [0.1, 0.15) is 6.61 Å². The molecule has 0 fully saturated rings. The molecule has 0 spiro atoms. The Bertz CT molecular complexity index is 545. The van der Waals surface area contributed by atoms with Crippen molar-refractivity contribution in [3.05, 3.63) is 30.5 Å². The van der Waals surface area contributed by atoms with E-state index in [1.165, 1.54) is 0 Å². The molecular weight excluding hydrogens is 234 g/mol. The Morgan fingerprint density at radius 3 is 3.06 bits per heavy atom. The maximum absolute atomic E-state index is 10.2. The summed E-state index contributed by atoms with van der Waals surface area (Å²) in [6, 6.07) is 7.69. The normalized spacial score (nSPS) is 10.4. The molecule has 0 amide bonds. The van der Waals surface area contributed by atoms with Gasteiger partial charge in [0, 0.05) is 18.1 Å². The molecule has 0 saturated carbocycles. The van der Waals surface area contributed by atoms with E-state index in [-0.39, 0.29) is 6.61 Å². The van der Waals surface area contributed by atoms with Crippen LogP contribution < -0.4 is 5.32 Å². The van der Waals surface area contributed by atoms with E-state index in [1.807, 2.05) is 24.3 Å². The van der Waals surface area contributed by atoms with E-state index >= 15 is 0 Å². The maximum Gasteiger partial charge on any atom is 0.329 e. The fraction of sp³-hybridized carbons (Fsp3) is 0.250. The first-order valence-electron chi connectivity index (χ1n) is 5.51. The predicted molar refractivity (Wildman–Crippen MR) is 66.5 cm³/mol. The largest absolute Gasteiger partial charge is 0.480 e. The molecule has 6 nitrogen and oxygen atoms in total. The zero-order chi connectivity index (χ0) is 12.8. The third-order valence-corrected chi connectivity index (χ3v) is 2.24. The van der Waals surface area contributed by atoms with Crippen molar-refractivity contribution in [2.75, 3.05) is 25.1 Å². The Kier molecular flexibility index (Phi) is 4.03. The van der Waals surface area contributed by atoms with Gasteiger partial charge in [-0.3, -0.25) is 0 Å². The molecule has 2 rings (SSSR count). The summed E-state index contributed by atoms with van der Waals surface area (Å²) in [6.07, 6.45) is 1.74. The molecule has 1 aromatic carbocycles. The summed E-state index contributed by atoms with van der Waals surface area (Å²) in [4.78, 5) is 18.7. The predicted octanol–water partition coefficient (Wildman–Crippen LogP) is 1.14. The van der Waals surface area contributed by atoms with Crippen molar-refractivity contribution in [1.29, 1.82) is 0 Å². The number of carboxylic acid groups (broad SMARTS) is 1. The zero-order valence-electron chi connectivity index (χ0n) is 9.67.